The summed E-state index contributed by atoms with van der Waals surface area (Å²) in [5.74, 6) is 0.164. The Kier molecular flexibility index (Phi) is 3.75. The van der Waals surface area contributed by atoms with Gasteiger partial charge >= 0.3 is 5.69 Å². The molecule has 1 aliphatic heterocycles. The number of methoxy groups -OCH3 is 1. The zero-order valence-electron chi connectivity index (χ0n) is 11.9. The summed E-state index contributed by atoms with van der Waals surface area (Å²) in [5, 5.41) is 11.2. The molecule has 0 bridgehead atoms. The fraction of sp³-hybridized carbons (Fsp3) is 0.0625. The Balaban J connectivity index is 2.01. The SMILES string of the molecule is COc1ccc(C=C2Oc3c(cc(Cl)cc3[N+](=O)[O-])C2=O)cc1. The van der Waals surface area contributed by atoms with Crippen molar-refractivity contribution in [3.05, 3.63) is 68.4 Å². The van der Waals surface area contributed by atoms with Crippen molar-refractivity contribution in [1.82, 2.24) is 0 Å². The standard InChI is InChI=1S/C16H10ClNO5/c1-22-11-4-2-9(3-5-11)6-14-15(19)12-7-10(17)8-13(18(20)21)16(12)23-14/h2-8H,1H3. The molecule has 0 atom stereocenters. The molecule has 3 rings (SSSR count). The molecule has 6 nitrogen and oxygen atoms in total. The smallest absolute Gasteiger partial charge is 0.313 e. The summed E-state index contributed by atoms with van der Waals surface area (Å²) in [6.07, 6.45) is 1.51. The zero-order chi connectivity index (χ0) is 16.6. The first-order valence-corrected chi connectivity index (χ1v) is 6.93. The lowest BCUT2D eigenvalue weighted by molar-refractivity contribution is -0.385. The minimum Gasteiger partial charge on any atom is -0.497 e. The Hall–Kier alpha value is -2.86. The molecular formula is C16H10ClNO5. The van der Waals surface area contributed by atoms with Crippen LogP contribution in [0.5, 0.6) is 11.5 Å². The first-order chi connectivity index (χ1) is 11.0. The van der Waals surface area contributed by atoms with Crippen LogP contribution in [0.4, 0.5) is 5.69 Å². The van der Waals surface area contributed by atoms with Gasteiger partial charge in [0.2, 0.25) is 11.5 Å². The van der Waals surface area contributed by atoms with E-state index < -0.39 is 10.7 Å². The summed E-state index contributed by atoms with van der Waals surface area (Å²) in [7, 11) is 1.55. The number of nitro benzene ring substituents is 1. The van der Waals surface area contributed by atoms with Crippen LogP contribution >= 0.6 is 11.6 Å². The first kappa shape index (κ1) is 15.1. The van der Waals surface area contributed by atoms with Gasteiger partial charge in [-0.05, 0) is 29.8 Å². The minimum atomic E-state index is -0.631. The van der Waals surface area contributed by atoms with E-state index in [0.717, 1.165) is 6.07 Å². The van der Waals surface area contributed by atoms with E-state index >= 15 is 0 Å². The van der Waals surface area contributed by atoms with Crippen molar-refractivity contribution in [2.45, 2.75) is 0 Å². The van der Waals surface area contributed by atoms with Gasteiger partial charge in [0.15, 0.2) is 5.76 Å². The van der Waals surface area contributed by atoms with Crippen LogP contribution in [0.15, 0.2) is 42.2 Å². The lowest BCUT2D eigenvalue weighted by atomic mass is 10.1. The molecule has 1 aliphatic rings. The molecule has 1 heterocycles. The Bertz CT molecular complexity index is 842. The van der Waals surface area contributed by atoms with E-state index in [-0.39, 0.29) is 27.8 Å². The zero-order valence-corrected chi connectivity index (χ0v) is 12.7. The second-order valence-electron chi connectivity index (χ2n) is 4.77. The number of rotatable bonds is 3. The van der Waals surface area contributed by atoms with Crippen molar-refractivity contribution in [2.75, 3.05) is 7.11 Å². The molecule has 0 radical (unpaired) electrons. The van der Waals surface area contributed by atoms with E-state index in [4.69, 9.17) is 21.1 Å². The molecular weight excluding hydrogens is 322 g/mol. The van der Waals surface area contributed by atoms with Gasteiger partial charge < -0.3 is 9.47 Å². The maximum Gasteiger partial charge on any atom is 0.313 e. The summed E-state index contributed by atoms with van der Waals surface area (Å²) in [6.45, 7) is 0. The number of allylic oxidation sites excluding steroid dienone is 1. The lowest BCUT2D eigenvalue weighted by Crippen LogP contribution is -1.98. The number of carbonyl (C=O) groups excluding carboxylic acids is 1. The van der Waals surface area contributed by atoms with Gasteiger partial charge in [0.25, 0.3) is 0 Å². The van der Waals surface area contributed by atoms with E-state index in [9.17, 15) is 14.9 Å². The summed E-state index contributed by atoms with van der Waals surface area (Å²) in [4.78, 5) is 22.8. The van der Waals surface area contributed by atoms with Gasteiger partial charge in [-0.15, -0.1) is 0 Å². The maximum atomic E-state index is 12.4. The number of ether oxygens (including phenoxy) is 2. The summed E-state index contributed by atoms with van der Waals surface area (Å²) < 4.78 is 10.5. The molecule has 2 aromatic carbocycles. The van der Waals surface area contributed by atoms with Crippen LogP contribution < -0.4 is 9.47 Å². The number of ketones is 1. The Morgan fingerprint density at radius 3 is 2.57 bits per heavy atom. The largest absolute Gasteiger partial charge is 0.497 e. The van der Waals surface area contributed by atoms with E-state index in [1.165, 1.54) is 12.1 Å². The van der Waals surface area contributed by atoms with Gasteiger partial charge in [-0.25, -0.2) is 0 Å². The number of fused-ring (bicyclic) bond motifs is 1. The predicted molar refractivity (Wildman–Crippen MR) is 84.0 cm³/mol. The topological polar surface area (TPSA) is 78.7 Å². The van der Waals surface area contributed by atoms with Crippen LogP contribution in [0, 0.1) is 10.1 Å². The first-order valence-electron chi connectivity index (χ1n) is 6.56. The van der Waals surface area contributed by atoms with Crippen LogP contribution in [0.25, 0.3) is 6.08 Å². The molecule has 0 N–H and O–H groups in total. The maximum absolute atomic E-state index is 12.4. The molecule has 0 aliphatic carbocycles. The highest BCUT2D eigenvalue weighted by atomic mass is 35.5. The van der Waals surface area contributed by atoms with Gasteiger partial charge in [0.05, 0.1) is 17.6 Å². The fourth-order valence-electron chi connectivity index (χ4n) is 2.23. The van der Waals surface area contributed by atoms with Gasteiger partial charge in [0, 0.05) is 11.1 Å². The van der Waals surface area contributed by atoms with Gasteiger partial charge in [-0.3, -0.25) is 14.9 Å². The normalized spacial score (nSPS) is 14.5. The van der Waals surface area contributed by atoms with Crippen molar-refractivity contribution in [1.29, 1.82) is 0 Å². The number of hydrogen-bond acceptors (Lipinski definition) is 5. The van der Waals surface area contributed by atoms with E-state index in [0.29, 0.717) is 11.3 Å². The number of carbonyl (C=O) groups is 1. The van der Waals surface area contributed by atoms with E-state index in [1.807, 2.05) is 0 Å². The van der Waals surface area contributed by atoms with Crippen LogP contribution in [0.2, 0.25) is 5.02 Å². The molecule has 0 fully saturated rings. The molecule has 0 unspecified atom stereocenters. The Morgan fingerprint density at radius 2 is 1.96 bits per heavy atom. The van der Waals surface area contributed by atoms with E-state index in [2.05, 4.69) is 0 Å². The molecule has 2 aromatic rings. The Morgan fingerprint density at radius 1 is 1.26 bits per heavy atom. The molecule has 116 valence electrons. The van der Waals surface area contributed by atoms with Crippen molar-refractivity contribution in [2.24, 2.45) is 0 Å². The van der Waals surface area contributed by atoms with Gasteiger partial charge in [0.1, 0.15) is 5.75 Å². The van der Waals surface area contributed by atoms with Crippen molar-refractivity contribution >= 4 is 29.1 Å². The molecule has 0 saturated heterocycles. The summed E-state index contributed by atoms with van der Waals surface area (Å²) >= 11 is 5.83. The number of Topliss-reactive ketones (excluding diaryl/α,β-unsaturated/α-hetero) is 1. The van der Waals surface area contributed by atoms with Crippen LogP contribution in [-0.4, -0.2) is 17.8 Å². The van der Waals surface area contributed by atoms with Crippen molar-refractivity contribution in [3.63, 3.8) is 0 Å². The fourth-order valence-corrected chi connectivity index (χ4v) is 2.44. The molecule has 23 heavy (non-hydrogen) atoms. The number of nitrogens with zero attached hydrogens (tertiary/aromatic N) is 1. The van der Waals surface area contributed by atoms with Crippen molar-refractivity contribution in [3.8, 4) is 11.5 Å². The number of halogens is 1. The van der Waals surface area contributed by atoms with Crippen molar-refractivity contribution < 1.29 is 19.2 Å². The third-order valence-electron chi connectivity index (χ3n) is 3.32. The average Bonchev–Trinajstić information content (AvgIpc) is 2.84. The molecule has 0 amide bonds. The molecule has 0 aromatic heterocycles. The number of nitro groups is 1. The predicted octanol–water partition coefficient (Wildman–Crippen LogP) is 3.87. The minimum absolute atomic E-state index is 0.00975. The number of benzene rings is 2. The third-order valence-corrected chi connectivity index (χ3v) is 3.54. The third kappa shape index (κ3) is 2.76. The van der Waals surface area contributed by atoms with Gasteiger partial charge in [-0.2, -0.15) is 0 Å². The second kappa shape index (κ2) is 5.73. The average molecular weight is 332 g/mol. The quantitative estimate of drug-likeness (QED) is 0.484. The molecule has 0 spiro atoms. The van der Waals surface area contributed by atoms with Gasteiger partial charge in [-0.1, -0.05) is 23.7 Å². The summed E-state index contributed by atoms with van der Waals surface area (Å²) in [5.41, 5.74) is 0.457. The van der Waals surface area contributed by atoms with Crippen LogP contribution in [0.3, 0.4) is 0 Å². The second-order valence-corrected chi connectivity index (χ2v) is 5.21. The van der Waals surface area contributed by atoms with Crippen LogP contribution in [0.1, 0.15) is 15.9 Å². The number of hydrogen-bond donors (Lipinski definition) is 0. The monoisotopic (exact) mass is 331 g/mol. The molecule has 0 saturated carbocycles. The highest BCUT2D eigenvalue weighted by Gasteiger charge is 2.34. The molecule has 7 heteroatoms. The summed E-state index contributed by atoms with van der Waals surface area (Å²) in [6, 6.07) is 9.47. The highest BCUT2D eigenvalue weighted by Crippen LogP contribution is 2.41. The highest BCUT2D eigenvalue weighted by molar-refractivity contribution is 6.32. The van der Waals surface area contributed by atoms with Crippen LogP contribution in [-0.2, 0) is 0 Å². The van der Waals surface area contributed by atoms with E-state index in [1.54, 1.807) is 31.4 Å². The Labute approximate surface area is 136 Å². The lowest BCUT2D eigenvalue weighted by Gasteiger charge is -2.01.